The zero-order valence-electron chi connectivity index (χ0n) is 12.1. The predicted molar refractivity (Wildman–Crippen MR) is 81.4 cm³/mol. The molecule has 23 heavy (non-hydrogen) atoms. The van der Waals surface area contributed by atoms with Crippen molar-refractivity contribution < 1.29 is 17.9 Å². The summed E-state index contributed by atoms with van der Waals surface area (Å²) in [6.45, 7) is 1.87. The first-order valence-corrected chi connectivity index (χ1v) is 7.52. The monoisotopic (exact) mass is 345 g/mol. The zero-order valence-corrected chi connectivity index (χ0v) is 12.8. The largest absolute Gasteiger partial charge is 0.412 e. The minimum Gasteiger partial charge on any atom is -0.369 e. The van der Waals surface area contributed by atoms with Gasteiger partial charge in [0.25, 0.3) is 0 Å². The van der Waals surface area contributed by atoms with Crippen LogP contribution in [-0.4, -0.2) is 36.9 Å². The van der Waals surface area contributed by atoms with E-state index < -0.39 is 12.2 Å². The van der Waals surface area contributed by atoms with Crippen LogP contribution in [-0.2, 0) is 4.74 Å². The molecule has 3 rings (SSSR count). The third-order valence-electron chi connectivity index (χ3n) is 3.67. The van der Waals surface area contributed by atoms with Gasteiger partial charge in [0.05, 0.1) is 29.2 Å². The molecular weight excluding hydrogens is 331 g/mol. The third-order valence-corrected chi connectivity index (χ3v) is 3.97. The Morgan fingerprint density at radius 3 is 2.83 bits per heavy atom. The molecule has 0 spiro atoms. The molecular formula is C15H15ClF3N3O. The predicted octanol–water partition coefficient (Wildman–Crippen LogP) is 3.22. The van der Waals surface area contributed by atoms with Gasteiger partial charge in [0.1, 0.15) is 12.1 Å². The molecule has 0 aromatic carbocycles. The molecule has 1 saturated heterocycles. The second-order valence-corrected chi connectivity index (χ2v) is 5.65. The highest BCUT2D eigenvalue weighted by molar-refractivity contribution is 6.31. The summed E-state index contributed by atoms with van der Waals surface area (Å²) in [4.78, 5) is 5.33. The van der Waals surface area contributed by atoms with E-state index in [-0.39, 0.29) is 11.8 Å². The lowest BCUT2D eigenvalue weighted by Gasteiger charge is -2.32. The average molecular weight is 346 g/mol. The molecule has 2 unspecified atom stereocenters. The molecule has 4 nitrogen and oxygen atoms in total. The van der Waals surface area contributed by atoms with Crippen LogP contribution >= 0.6 is 11.6 Å². The standard InChI is InChI=1S/C15H15ClF3N3O/c16-11-7-10(8-21-14(11)12-9-20-4-6-23-12)22-5-2-1-3-13(22)15(17,18)19/h1-3,5,7-8,12-13,20H,4,6,9H2. The van der Waals surface area contributed by atoms with Crippen molar-refractivity contribution in [1.29, 1.82) is 0 Å². The highest BCUT2D eigenvalue weighted by atomic mass is 35.5. The molecule has 3 heterocycles. The van der Waals surface area contributed by atoms with Crippen LogP contribution in [0.3, 0.4) is 0 Å². The topological polar surface area (TPSA) is 37.4 Å². The summed E-state index contributed by atoms with van der Waals surface area (Å²) in [6, 6.07) is -0.242. The fourth-order valence-corrected chi connectivity index (χ4v) is 2.85. The van der Waals surface area contributed by atoms with Crippen molar-refractivity contribution in [1.82, 2.24) is 10.3 Å². The molecule has 1 N–H and O–H groups in total. The highest BCUT2D eigenvalue weighted by Crippen LogP contribution is 2.34. The zero-order chi connectivity index (χ0) is 16.4. The lowest BCUT2D eigenvalue weighted by molar-refractivity contribution is -0.136. The van der Waals surface area contributed by atoms with Crippen LogP contribution in [0.4, 0.5) is 18.9 Å². The first kappa shape index (κ1) is 16.3. The van der Waals surface area contributed by atoms with Gasteiger partial charge in [0, 0.05) is 19.3 Å². The molecule has 0 aliphatic carbocycles. The number of allylic oxidation sites excluding steroid dienone is 2. The number of hydrogen-bond acceptors (Lipinski definition) is 4. The van der Waals surface area contributed by atoms with Crippen molar-refractivity contribution in [2.24, 2.45) is 0 Å². The van der Waals surface area contributed by atoms with E-state index in [0.717, 1.165) is 17.5 Å². The number of nitrogens with one attached hydrogen (secondary N) is 1. The SMILES string of the molecule is FC(F)(F)C1C=CC=CN1c1cnc(C2CNCCO2)c(Cl)c1. The Labute approximate surface area is 136 Å². The number of morpholine rings is 1. The second kappa shape index (κ2) is 6.51. The maximum absolute atomic E-state index is 13.1. The van der Waals surface area contributed by atoms with Crippen LogP contribution in [0.25, 0.3) is 0 Å². The molecule has 2 atom stereocenters. The number of hydrogen-bond donors (Lipinski definition) is 1. The number of halogens is 4. The van der Waals surface area contributed by atoms with Crippen molar-refractivity contribution in [3.05, 3.63) is 47.4 Å². The average Bonchev–Trinajstić information content (AvgIpc) is 2.55. The van der Waals surface area contributed by atoms with Gasteiger partial charge in [-0.25, -0.2) is 0 Å². The molecule has 2 aliphatic heterocycles. The molecule has 0 bridgehead atoms. The van der Waals surface area contributed by atoms with E-state index in [1.807, 2.05) is 0 Å². The van der Waals surface area contributed by atoms with Gasteiger partial charge in [-0.3, -0.25) is 4.98 Å². The fraction of sp³-hybridized carbons (Fsp3) is 0.400. The van der Waals surface area contributed by atoms with Gasteiger partial charge in [-0.15, -0.1) is 0 Å². The van der Waals surface area contributed by atoms with E-state index in [2.05, 4.69) is 10.3 Å². The van der Waals surface area contributed by atoms with Crippen LogP contribution < -0.4 is 10.2 Å². The summed E-state index contributed by atoms with van der Waals surface area (Å²) in [5.41, 5.74) is 0.813. The van der Waals surface area contributed by atoms with Crippen molar-refractivity contribution in [3.63, 3.8) is 0 Å². The highest BCUT2D eigenvalue weighted by Gasteiger charge is 2.42. The normalized spacial score (nSPS) is 25.0. The summed E-state index contributed by atoms with van der Waals surface area (Å²) in [5, 5.41) is 3.45. The molecule has 1 aromatic rings. The third kappa shape index (κ3) is 3.52. The molecule has 1 aromatic heterocycles. The van der Waals surface area contributed by atoms with Gasteiger partial charge in [0.2, 0.25) is 0 Å². The Balaban J connectivity index is 1.87. The van der Waals surface area contributed by atoms with Crippen molar-refractivity contribution in [2.75, 3.05) is 24.6 Å². The Morgan fingerprint density at radius 2 is 2.17 bits per heavy atom. The Morgan fingerprint density at radius 1 is 1.35 bits per heavy atom. The van der Waals surface area contributed by atoms with Crippen LogP contribution in [0, 0.1) is 0 Å². The van der Waals surface area contributed by atoms with Crippen LogP contribution in [0.5, 0.6) is 0 Å². The molecule has 124 valence electrons. The van der Waals surface area contributed by atoms with Crippen LogP contribution in [0.2, 0.25) is 5.02 Å². The Kier molecular flexibility index (Phi) is 4.61. The number of ether oxygens (including phenoxy) is 1. The number of rotatable bonds is 2. The minimum atomic E-state index is -4.39. The lowest BCUT2D eigenvalue weighted by Crippen LogP contribution is -2.42. The fourth-order valence-electron chi connectivity index (χ4n) is 2.57. The van der Waals surface area contributed by atoms with E-state index >= 15 is 0 Å². The van der Waals surface area contributed by atoms with Gasteiger partial charge >= 0.3 is 6.18 Å². The summed E-state index contributed by atoms with van der Waals surface area (Å²) < 4.78 is 45.0. The van der Waals surface area contributed by atoms with Crippen molar-refractivity contribution in [2.45, 2.75) is 18.3 Å². The van der Waals surface area contributed by atoms with E-state index in [4.69, 9.17) is 16.3 Å². The maximum atomic E-state index is 13.1. The number of anilines is 1. The van der Waals surface area contributed by atoms with Gasteiger partial charge < -0.3 is 15.0 Å². The molecule has 8 heteroatoms. The summed E-state index contributed by atoms with van der Waals surface area (Å²) in [6.07, 6.45) is 2.09. The maximum Gasteiger partial charge on any atom is 0.412 e. The number of aromatic nitrogens is 1. The van der Waals surface area contributed by atoms with Crippen LogP contribution in [0.15, 0.2) is 36.7 Å². The quantitative estimate of drug-likeness (QED) is 0.893. The smallest absolute Gasteiger partial charge is 0.369 e. The van der Waals surface area contributed by atoms with E-state index in [1.54, 1.807) is 0 Å². The van der Waals surface area contributed by atoms with E-state index in [0.29, 0.717) is 23.9 Å². The van der Waals surface area contributed by atoms with E-state index in [1.165, 1.54) is 30.6 Å². The van der Waals surface area contributed by atoms with Crippen LogP contribution in [0.1, 0.15) is 11.8 Å². The second-order valence-electron chi connectivity index (χ2n) is 5.24. The van der Waals surface area contributed by atoms with Crippen molar-refractivity contribution >= 4 is 17.3 Å². The molecule has 2 aliphatic rings. The van der Waals surface area contributed by atoms with E-state index in [9.17, 15) is 13.2 Å². The first-order valence-electron chi connectivity index (χ1n) is 7.14. The van der Waals surface area contributed by atoms with Crippen molar-refractivity contribution in [3.8, 4) is 0 Å². The molecule has 0 saturated carbocycles. The number of nitrogens with zero attached hydrogens (tertiary/aromatic N) is 2. The van der Waals surface area contributed by atoms with Gasteiger partial charge in [-0.2, -0.15) is 13.2 Å². The first-order chi connectivity index (χ1) is 11.0. The van der Waals surface area contributed by atoms with Gasteiger partial charge in [0.15, 0.2) is 0 Å². The molecule has 1 fully saturated rings. The minimum absolute atomic E-state index is 0.283. The Bertz CT molecular complexity index is 627. The Hall–Kier alpha value is -1.57. The summed E-state index contributed by atoms with van der Waals surface area (Å²) in [5.74, 6) is 0. The molecule has 0 radical (unpaired) electrons. The molecule has 0 amide bonds. The van der Waals surface area contributed by atoms with Gasteiger partial charge in [-0.05, 0) is 12.1 Å². The lowest BCUT2D eigenvalue weighted by atomic mass is 10.1. The summed E-state index contributed by atoms with van der Waals surface area (Å²) in [7, 11) is 0. The number of pyridine rings is 1. The summed E-state index contributed by atoms with van der Waals surface area (Å²) >= 11 is 6.22. The number of alkyl halides is 3. The van der Waals surface area contributed by atoms with Gasteiger partial charge in [-0.1, -0.05) is 23.8 Å².